The Morgan fingerprint density at radius 2 is 2.43 bits per heavy atom. The normalized spacial score (nSPS) is 16.9. The number of aliphatic hydroxyl groups excluding tert-OH is 1. The van der Waals surface area contributed by atoms with Gasteiger partial charge >= 0.3 is 6.03 Å². The van der Waals surface area contributed by atoms with Crippen molar-refractivity contribution in [3.8, 4) is 0 Å². The van der Waals surface area contributed by atoms with E-state index in [0.717, 1.165) is 41.2 Å². The Morgan fingerprint density at radius 1 is 1.57 bits per heavy atom. The largest absolute Gasteiger partial charge is 0.394 e. The van der Waals surface area contributed by atoms with Crippen LogP contribution in [0.4, 0.5) is 4.79 Å². The van der Waals surface area contributed by atoms with Crippen molar-refractivity contribution >= 4 is 17.4 Å². The highest BCUT2D eigenvalue weighted by atomic mass is 32.1. The van der Waals surface area contributed by atoms with Gasteiger partial charge in [-0.1, -0.05) is 0 Å². The third-order valence-electron chi connectivity index (χ3n) is 3.98. The first kappa shape index (κ1) is 15.9. The Labute approximate surface area is 138 Å². The van der Waals surface area contributed by atoms with E-state index in [2.05, 4.69) is 20.7 Å². The molecule has 0 saturated heterocycles. The number of carbonyl (C=O) groups excluding carboxylic acids is 1. The van der Waals surface area contributed by atoms with Crippen LogP contribution in [-0.2, 0) is 19.5 Å². The van der Waals surface area contributed by atoms with Crippen molar-refractivity contribution in [3.63, 3.8) is 0 Å². The second-order valence-electron chi connectivity index (χ2n) is 5.62. The van der Waals surface area contributed by atoms with Crippen molar-refractivity contribution in [2.45, 2.75) is 45.3 Å². The lowest BCUT2D eigenvalue weighted by Gasteiger charge is -2.24. The Morgan fingerprint density at radius 3 is 3.17 bits per heavy atom. The van der Waals surface area contributed by atoms with Crippen LogP contribution in [0.5, 0.6) is 0 Å². The number of hydrogen-bond donors (Lipinski definition) is 3. The Kier molecular flexibility index (Phi) is 4.92. The Hall–Kier alpha value is -1.93. The molecule has 3 rings (SSSR count). The molecule has 0 aromatic carbocycles. The van der Waals surface area contributed by atoms with Crippen molar-refractivity contribution in [2.24, 2.45) is 0 Å². The number of nitrogens with zero attached hydrogens (tertiary/aromatic N) is 3. The highest BCUT2D eigenvalue weighted by molar-refractivity contribution is 7.09. The predicted molar refractivity (Wildman–Crippen MR) is 87.2 cm³/mol. The molecule has 2 aromatic heterocycles. The van der Waals surface area contributed by atoms with Crippen LogP contribution in [0.25, 0.3) is 0 Å². The molecule has 124 valence electrons. The van der Waals surface area contributed by atoms with Crippen LogP contribution in [0.15, 0.2) is 11.6 Å². The molecule has 0 spiro atoms. The molecule has 0 radical (unpaired) electrons. The summed E-state index contributed by atoms with van der Waals surface area (Å²) in [6.45, 7) is 2.94. The zero-order chi connectivity index (χ0) is 16.2. The topological polar surface area (TPSA) is 92.1 Å². The van der Waals surface area contributed by atoms with Crippen LogP contribution in [0.2, 0.25) is 0 Å². The number of aromatic nitrogens is 3. The van der Waals surface area contributed by atoms with E-state index in [1.54, 1.807) is 17.5 Å². The summed E-state index contributed by atoms with van der Waals surface area (Å²) in [5.74, 6) is 0. The van der Waals surface area contributed by atoms with Crippen LogP contribution >= 0.6 is 11.3 Å². The van der Waals surface area contributed by atoms with E-state index < -0.39 is 0 Å². The summed E-state index contributed by atoms with van der Waals surface area (Å²) in [6.07, 6.45) is 4.65. The third-order valence-corrected chi connectivity index (χ3v) is 4.80. The molecule has 2 heterocycles. The molecular formula is C15H21N5O2S. The molecule has 0 unspecified atom stereocenters. The zero-order valence-electron chi connectivity index (χ0n) is 13.1. The second-order valence-corrected chi connectivity index (χ2v) is 6.69. The van der Waals surface area contributed by atoms with Gasteiger partial charge in [0.05, 0.1) is 42.6 Å². The number of rotatable bonds is 5. The number of amides is 2. The van der Waals surface area contributed by atoms with Gasteiger partial charge in [-0.3, -0.25) is 4.68 Å². The highest BCUT2D eigenvalue weighted by Crippen LogP contribution is 2.29. The van der Waals surface area contributed by atoms with E-state index in [0.29, 0.717) is 13.1 Å². The molecule has 0 aliphatic heterocycles. The molecule has 7 nitrogen and oxygen atoms in total. The molecule has 3 N–H and O–H groups in total. The summed E-state index contributed by atoms with van der Waals surface area (Å²) in [6, 6.07) is -0.216. The maximum Gasteiger partial charge on any atom is 0.315 e. The summed E-state index contributed by atoms with van der Waals surface area (Å²) >= 11 is 1.58. The number of carbonyl (C=O) groups is 1. The molecule has 23 heavy (non-hydrogen) atoms. The molecule has 0 bridgehead atoms. The van der Waals surface area contributed by atoms with Gasteiger partial charge in [0, 0.05) is 16.6 Å². The average Bonchev–Trinajstić information content (AvgIpc) is 3.13. The molecule has 0 saturated carbocycles. The van der Waals surface area contributed by atoms with E-state index in [1.807, 2.05) is 17.0 Å². The van der Waals surface area contributed by atoms with Crippen molar-refractivity contribution in [1.82, 2.24) is 25.4 Å². The molecule has 0 fully saturated rings. The van der Waals surface area contributed by atoms with E-state index in [4.69, 9.17) is 5.11 Å². The standard InChI is InChI=1S/C15H21N5O2S/c1-10-18-11(9-23-10)7-16-15(22)19-13-3-2-4-14-12(13)8-17-20(14)5-6-21/h8-9,13,21H,2-7H2,1H3,(H2,16,19,22)/t13-/m1/s1. The summed E-state index contributed by atoms with van der Waals surface area (Å²) in [7, 11) is 0. The molecule has 1 aliphatic rings. The number of aliphatic hydroxyl groups is 1. The monoisotopic (exact) mass is 335 g/mol. The van der Waals surface area contributed by atoms with E-state index in [1.165, 1.54) is 0 Å². The Bertz CT molecular complexity index is 681. The van der Waals surface area contributed by atoms with Crippen LogP contribution < -0.4 is 10.6 Å². The van der Waals surface area contributed by atoms with Crippen LogP contribution in [0, 0.1) is 6.92 Å². The molecule has 1 atom stereocenters. The maximum atomic E-state index is 12.1. The summed E-state index contributed by atoms with van der Waals surface area (Å²) in [5.41, 5.74) is 3.05. The first-order valence-corrected chi connectivity index (χ1v) is 8.66. The second kappa shape index (κ2) is 7.10. The lowest BCUT2D eigenvalue weighted by Crippen LogP contribution is -2.38. The maximum absolute atomic E-state index is 12.1. The Balaban J connectivity index is 1.59. The zero-order valence-corrected chi connectivity index (χ0v) is 13.9. The molecule has 8 heteroatoms. The minimum Gasteiger partial charge on any atom is -0.394 e. The van der Waals surface area contributed by atoms with E-state index in [-0.39, 0.29) is 18.7 Å². The van der Waals surface area contributed by atoms with Gasteiger partial charge in [-0.2, -0.15) is 5.10 Å². The van der Waals surface area contributed by atoms with Gasteiger partial charge in [0.2, 0.25) is 0 Å². The van der Waals surface area contributed by atoms with Crippen molar-refractivity contribution < 1.29 is 9.90 Å². The lowest BCUT2D eigenvalue weighted by molar-refractivity contribution is 0.234. The van der Waals surface area contributed by atoms with Crippen LogP contribution in [-0.4, -0.2) is 32.5 Å². The van der Waals surface area contributed by atoms with Gasteiger partial charge in [0.15, 0.2) is 0 Å². The SMILES string of the molecule is Cc1nc(CNC(=O)N[C@@H]2CCCc3c2cnn3CCO)cs1. The number of aryl methyl sites for hydroxylation is 1. The summed E-state index contributed by atoms with van der Waals surface area (Å²) in [5, 5.41) is 22.2. The van der Waals surface area contributed by atoms with Gasteiger partial charge in [-0.15, -0.1) is 11.3 Å². The van der Waals surface area contributed by atoms with Crippen molar-refractivity contribution in [1.29, 1.82) is 0 Å². The fourth-order valence-corrected chi connectivity index (χ4v) is 3.54. The number of urea groups is 1. The number of hydrogen-bond acceptors (Lipinski definition) is 5. The van der Waals surface area contributed by atoms with Gasteiger partial charge in [-0.05, 0) is 26.2 Å². The molecular weight excluding hydrogens is 314 g/mol. The minimum atomic E-state index is -0.191. The molecule has 2 amide bonds. The minimum absolute atomic E-state index is 0.0247. The van der Waals surface area contributed by atoms with Gasteiger partial charge < -0.3 is 15.7 Å². The first-order chi connectivity index (χ1) is 11.2. The fraction of sp³-hybridized carbons (Fsp3) is 0.533. The van der Waals surface area contributed by atoms with E-state index in [9.17, 15) is 4.79 Å². The van der Waals surface area contributed by atoms with E-state index >= 15 is 0 Å². The highest BCUT2D eigenvalue weighted by Gasteiger charge is 2.25. The van der Waals surface area contributed by atoms with Gasteiger partial charge in [-0.25, -0.2) is 9.78 Å². The number of nitrogens with one attached hydrogen (secondary N) is 2. The fourth-order valence-electron chi connectivity index (χ4n) is 2.93. The molecule has 2 aromatic rings. The van der Waals surface area contributed by atoms with Gasteiger partial charge in [0.25, 0.3) is 0 Å². The van der Waals surface area contributed by atoms with Crippen molar-refractivity contribution in [3.05, 3.63) is 33.5 Å². The van der Waals surface area contributed by atoms with Gasteiger partial charge in [0.1, 0.15) is 0 Å². The quantitative estimate of drug-likeness (QED) is 0.772. The summed E-state index contributed by atoms with van der Waals surface area (Å²) in [4.78, 5) is 16.4. The lowest BCUT2D eigenvalue weighted by atomic mass is 9.93. The number of thiazole rings is 1. The van der Waals surface area contributed by atoms with Crippen LogP contribution in [0.1, 0.15) is 40.8 Å². The first-order valence-electron chi connectivity index (χ1n) is 7.78. The van der Waals surface area contributed by atoms with Crippen molar-refractivity contribution in [2.75, 3.05) is 6.61 Å². The van der Waals surface area contributed by atoms with Crippen LogP contribution in [0.3, 0.4) is 0 Å². The number of fused-ring (bicyclic) bond motifs is 1. The molecule has 1 aliphatic carbocycles. The third kappa shape index (κ3) is 3.70. The average molecular weight is 335 g/mol. The smallest absolute Gasteiger partial charge is 0.315 e. The summed E-state index contributed by atoms with van der Waals surface area (Å²) < 4.78 is 1.83. The predicted octanol–water partition coefficient (Wildman–Crippen LogP) is 1.52.